The molecule has 0 bridgehead atoms. The van der Waals surface area contributed by atoms with Gasteiger partial charge in [0.05, 0.1) is 33.5 Å². The summed E-state index contributed by atoms with van der Waals surface area (Å²) in [6, 6.07) is 7.86. The quantitative estimate of drug-likeness (QED) is 0.553. The minimum atomic E-state index is -0.147. The highest BCUT2D eigenvalue weighted by Gasteiger charge is 2.17. The van der Waals surface area contributed by atoms with E-state index in [0.29, 0.717) is 22.4 Å². The second kappa shape index (κ2) is 6.91. The molecule has 8 nitrogen and oxygen atoms in total. The topological polar surface area (TPSA) is 82.4 Å². The van der Waals surface area contributed by atoms with Crippen LogP contribution in [0.4, 0.5) is 5.69 Å². The summed E-state index contributed by atoms with van der Waals surface area (Å²) in [4.78, 5) is 29.7. The molecule has 5 rings (SSSR count). The Balaban J connectivity index is 1.58. The van der Waals surface area contributed by atoms with Crippen LogP contribution in [0.25, 0.3) is 27.9 Å². The number of rotatable bonds is 2. The van der Waals surface area contributed by atoms with Gasteiger partial charge in [-0.1, -0.05) is 0 Å². The number of hydrogen-bond donors (Lipinski definition) is 1. The van der Waals surface area contributed by atoms with E-state index in [1.165, 1.54) is 0 Å². The molecule has 1 aliphatic rings. The Labute approximate surface area is 174 Å². The van der Waals surface area contributed by atoms with Gasteiger partial charge in [-0.2, -0.15) is 5.10 Å². The molecule has 3 aromatic heterocycles. The summed E-state index contributed by atoms with van der Waals surface area (Å²) in [6.07, 6.45) is 0. The summed E-state index contributed by atoms with van der Waals surface area (Å²) >= 11 is 0. The van der Waals surface area contributed by atoms with Crippen LogP contribution in [0.3, 0.4) is 0 Å². The summed E-state index contributed by atoms with van der Waals surface area (Å²) in [6.45, 7) is 9.87. The molecule has 8 heteroatoms. The SMILES string of the molecule is Cc1nc(C)c2cc(-c3nc4ccc(N5CCN(C)CC5)cc4c(=O)[nH]3)nn2c1C. The number of H-pyrrole nitrogens is 1. The van der Waals surface area contributed by atoms with E-state index >= 15 is 0 Å². The molecule has 1 saturated heterocycles. The highest BCUT2D eigenvalue weighted by atomic mass is 16.1. The van der Waals surface area contributed by atoms with Crippen molar-refractivity contribution in [2.24, 2.45) is 0 Å². The van der Waals surface area contributed by atoms with Crippen LogP contribution in [0.15, 0.2) is 29.1 Å². The number of nitrogens with one attached hydrogen (secondary N) is 1. The van der Waals surface area contributed by atoms with Crippen LogP contribution in [0, 0.1) is 20.8 Å². The first-order valence-electron chi connectivity index (χ1n) is 10.2. The lowest BCUT2D eigenvalue weighted by Gasteiger charge is -2.34. The summed E-state index contributed by atoms with van der Waals surface area (Å²) in [5, 5.41) is 5.28. The van der Waals surface area contributed by atoms with Crippen LogP contribution < -0.4 is 10.5 Å². The maximum Gasteiger partial charge on any atom is 0.259 e. The number of hydrogen-bond acceptors (Lipinski definition) is 6. The minimum Gasteiger partial charge on any atom is -0.369 e. The van der Waals surface area contributed by atoms with Gasteiger partial charge in [0.15, 0.2) is 5.82 Å². The Morgan fingerprint density at radius 1 is 0.967 bits per heavy atom. The van der Waals surface area contributed by atoms with E-state index in [1.807, 2.05) is 43.5 Å². The van der Waals surface area contributed by atoms with Crippen molar-refractivity contribution in [3.05, 3.63) is 51.7 Å². The second-order valence-corrected chi connectivity index (χ2v) is 8.10. The van der Waals surface area contributed by atoms with Gasteiger partial charge < -0.3 is 14.8 Å². The molecule has 4 heterocycles. The first-order chi connectivity index (χ1) is 14.4. The smallest absolute Gasteiger partial charge is 0.259 e. The Kier molecular flexibility index (Phi) is 4.32. The number of fused-ring (bicyclic) bond motifs is 2. The van der Waals surface area contributed by atoms with Gasteiger partial charge in [0.2, 0.25) is 0 Å². The van der Waals surface area contributed by atoms with Crippen molar-refractivity contribution in [1.29, 1.82) is 0 Å². The first kappa shape index (κ1) is 18.7. The predicted molar refractivity (Wildman–Crippen MR) is 118 cm³/mol. The molecule has 1 N–H and O–H groups in total. The number of piperazine rings is 1. The van der Waals surface area contributed by atoms with Crippen LogP contribution in [-0.4, -0.2) is 62.7 Å². The standard InChI is InChI=1S/C22H25N7O/c1-13-15(3)29-20(14(2)23-13)12-19(26-29)21-24-18-6-5-16(11-17(18)22(30)25-21)28-9-7-27(4)8-10-28/h5-6,11-12H,7-10H2,1-4H3,(H,24,25,30). The maximum atomic E-state index is 12.9. The van der Waals surface area contributed by atoms with Crippen molar-refractivity contribution >= 4 is 22.1 Å². The van der Waals surface area contributed by atoms with E-state index in [9.17, 15) is 4.79 Å². The summed E-state index contributed by atoms with van der Waals surface area (Å²) in [5.74, 6) is 0.472. The number of likely N-dealkylation sites (N-methyl/N-ethyl adjacent to an activating group) is 1. The van der Waals surface area contributed by atoms with Crippen molar-refractivity contribution in [2.75, 3.05) is 38.1 Å². The molecule has 1 fully saturated rings. The van der Waals surface area contributed by atoms with Crippen LogP contribution in [-0.2, 0) is 0 Å². The normalized spacial score (nSPS) is 15.4. The lowest BCUT2D eigenvalue weighted by molar-refractivity contribution is 0.313. The van der Waals surface area contributed by atoms with E-state index < -0.39 is 0 Å². The summed E-state index contributed by atoms with van der Waals surface area (Å²) in [7, 11) is 2.13. The molecule has 0 aliphatic carbocycles. The Bertz CT molecular complexity index is 1330. The van der Waals surface area contributed by atoms with Gasteiger partial charge in [0, 0.05) is 31.9 Å². The van der Waals surface area contributed by atoms with Gasteiger partial charge in [0.25, 0.3) is 5.56 Å². The molecule has 1 aromatic carbocycles. The van der Waals surface area contributed by atoms with Crippen LogP contribution in [0.2, 0.25) is 0 Å². The van der Waals surface area contributed by atoms with E-state index in [-0.39, 0.29) is 5.56 Å². The number of aromatic amines is 1. The molecule has 0 radical (unpaired) electrons. The highest BCUT2D eigenvalue weighted by Crippen LogP contribution is 2.23. The molecule has 0 atom stereocenters. The molecule has 0 spiro atoms. The molecule has 0 amide bonds. The number of nitrogens with zero attached hydrogens (tertiary/aromatic N) is 6. The third-order valence-electron chi connectivity index (χ3n) is 6.06. The summed E-state index contributed by atoms with van der Waals surface area (Å²) in [5.41, 5.74) is 5.95. The van der Waals surface area contributed by atoms with Crippen molar-refractivity contribution in [1.82, 2.24) is 29.5 Å². The average molecular weight is 403 g/mol. The largest absolute Gasteiger partial charge is 0.369 e. The maximum absolute atomic E-state index is 12.9. The number of benzene rings is 1. The van der Waals surface area contributed by atoms with Gasteiger partial charge >= 0.3 is 0 Å². The van der Waals surface area contributed by atoms with E-state index in [1.54, 1.807) is 0 Å². The zero-order valence-corrected chi connectivity index (χ0v) is 17.7. The fourth-order valence-corrected chi connectivity index (χ4v) is 4.06. The lowest BCUT2D eigenvalue weighted by atomic mass is 10.2. The van der Waals surface area contributed by atoms with Crippen molar-refractivity contribution in [3.63, 3.8) is 0 Å². The van der Waals surface area contributed by atoms with Crippen molar-refractivity contribution < 1.29 is 0 Å². The van der Waals surface area contributed by atoms with Gasteiger partial charge in [0.1, 0.15) is 5.69 Å². The third-order valence-corrected chi connectivity index (χ3v) is 6.06. The number of anilines is 1. The van der Waals surface area contributed by atoms with Gasteiger partial charge in [-0.05, 0) is 52.1 Å². The van der Waals surface area contributed by atoms with Gasteiger partial charge in [-0.25, -0.2) is 9.50 Å². The molecule has 154 valence electrons. The van der Waals surface area contributed by atoms with Crippen LogP contribution >= 0.6 is 0 Å². The fraction of sp³-hybridized carbons (Fsp3) is 0.364. The molecule has 4 aromatic rings. The Morgan fingerprint density at radius 2 is 1.73 bits per heavy atom. The predicted octanol–water partition coefficient (Wildman–Crippen LogP) is 2.31. The highest BCUT2D eigenvalue weighted by molar-refractivity contribution is 5.83. The first-order valence-corrected chi connectivity index (χ1v) is 10.2. The van der Waals surface area contributed by atoms with Crippen molar-refractivity contribution in [3.8, 4) is 11.5 Å². The van der Waals surface area contributed by atoms with E-state index in [4.69, 9.17) is 4.98 Å². The van der Waals surface area contributed by atoms with E-state index in [0.717, 1.165) is 54.5 Å². The zero-order chi connectivity index (χ0) is 21.0. The van der Waals surface area contributed by atoms with Gasteiger partial charge in [-0.15, -0.1) is 0 Å². The average Bonchev–Trinajstić information content (AvgIpc) is 3.19. The van der Waals surface area contributed by atoms with Crippen molar-refractivity contribution in [2.45, 2.75) is 20.8 Å². The van der Waals surface area contributed by atoms with Crippen LogP contribution in [0.5, 0.6) is 0 Å². The number of aryl methyl sites for hydroxylation is 3. The third kappa shape index (κ3) is 3.04. The van der Waals surface area contributed by atoms with Gasteiger partial charge in [-0.3, -0.25) is 9.78 Å². The molecule has 0 unspecified atom stereocenters. The molecular formula is C22H25N7O. The number of aromatic nitrogens is 5. The van der Waals surface area contributed by atoms with Crippen LogP contribution in [0.1, 0.15) is 17.1 Å². The molecule has 1 aliphatic heterocycles. The minimum absolute atomic E-state index is 0.147. The Morgan fingerprint density at radius 3 is 2.50 bits per heavy atom. The molecule has 0 saturated carbocycles. The molecular weight excluding hydrogens is 378 g/mol. The zero-order valence-electron chi connectivity index (χ0n) is 17.7. The fourth-order valence-electron chi connectivity index (χ4n) is 4.06. The molecule has 30 heavy (non-hydrogen) atoms. The monoisotopic (exact) mass is 403 g/mol. The van der Waals surface area contributed by atoms with E-state index in [2.05, 4.69) is 38.0 Å². The lowest BCUT2D eigenvalue weighted by Crippen LogP contribution is -2.44. The second-order valence-electron chi connectivity index (χ2n) is 8.10. The Hall–Kier alpha value is -3.26. The summed E-state index contributed by atoms with van der Waals surface area (Å²) < 4.78 is 1.87.